The van der Waals surface area contributed by atoms with Gasteiger partial charge in [-0.1, -0.05) is 36.4 Å². The van der Waals surface area contributed by atoms with Gasteiger partial charge in [-0.15, -0.1) is 0 Å². The molecule has 6 nitrogen and oxygen atoms in total. The van der Waals surface area contributed by atoms with E-state index in [-0.39, 0.29) is 0 Å². The van der Waals surface area contributed by atoms with E-state index in [0.717, 1.165) is 4.90 Å². The summed E-state index contributed by atoms with van der Waals surface area (Å²) in [5.74, 6) is -1.42. The minimum absolute atomic E-state index is 0.294. The summed E-state index contributed by atoms with van der Waals surface area (Å²) in [4.78, 5) is 42.9. The van der Waals surface area contributed by atoms with Crippen molar-refractivity contribution < 1.29 is 18.6 Å². The molecule has 2 aliphatic heterocycles. The Morgan fingerprint density at radius 2 is 1.20 bits per heavy atom. The summed E-state index contributed by atoms with van der Waals surface area (Å²) < 4.78 is 13.0. The van der Waals surface area contributed by atoms with Crippen LogP contribution in [0.15, 0.2) is 82.6 Å². The summed E-state index contributed by atoms with van der Waals surface area (Å²) in [5, 5.41) is 0. The Morgan fingerprint density at radius 1 is 0.767 bits per heavy atom. The number of nitrogens with zero attached hydrogens (tertiary/aromatic N) is 2. The molecule has 0 N–H and O–H groups in total. The van der Waals surface area contributed by atoms with Crippen molar-refractivity contribution in [3.63, 3.8) is 0 Å². The minimum atomic E-state index is -1.43. The average Bonchev–Trinajstić information content (AvgIpc) is 3.04. The Labute approximate surface area is 175 Å². The summed E-state index contributed by atoms with van der Waals surface area (Å²) in [6.45, 7) is 1.54. The third-order valence-electron chi connectivity index (χ3n) is 5.40. The van der Waals surface area contributed by atoms with Gasteiger partial charge >= 0.3 is 0 Å². The second-order valence-corrected chi connectivity index (χ2v) is 8.50. The fourth-order valence-corrected chi connectivity index (χ4v) is 5.28. The summed E-state index contributed by atoms with van der Waals surface area (Å²) in [6.07, 6.45) is 0. The number of anilines is 2. The molecule has 1 atom stereocenters. The van der Waals surface area contributed by atoms with Crippen LogP contribution in [0, 0.1) is 0 Å². The SMILES string of the molecule is CC(C(=O)N1c2ccccc2S(=O)c2ccccc21)N1C(=O)c2ccccc2C1=O. The molecular formula is C23H16N2O4S. The molecule has 0 bridgehead atoms. The van der Waals surface area contributed by atoms with Gasteiger partial charge in [0.05, 0.1) is 43.1 Å². The molecule has 30 heavy (non-hydrogen) atoms. The van der Waals surface area contributed by atoms with Crippen LogP contribution >= 0.6 is 0 Å². The van der Waals surface area contributed by atoms with Crippen LogP contribution in [0.4, 0.5) is 11.4 Å². The summed E-state index contributed by atoms with van der Waals surface area (Å²) in [5.41, 5.74) is 1.57. The highest BCUT2D eigenvalue weighted by atomic mass is 32.2. The van der Waals surface area contributed by atoms with E-state index >= 15 is 0 Å². The predicted octanol–water partition coefficient (Wildman–Crippen LogP) is 3.52. The highest BCUT2D eigenvalue weighted by Gasteiger charge is 2.43. The van der Waals surface area contributed by atoms with E-state index in [1.54, 1.807) is 79.7 Å². The monoisotopic (exact) mass is 416 g/mol. The molecule has 0 aromatic heterocycles. The molecule has 3 aromatic carbocycles. The molecule has 0 saturated carbocycles. The van der Waals surface area contributed by atoms with Crippen molar-refractivity contribution >= 4 is 39.9 Å². The number of hydrogen-bond acceptors (Lipinski definition) is 4. The Bertz CT molecular complexity index is 1180. The fourth-order valence-electron chi connectivity index (χ4n) is 3.94. The van der Waals surface area contributed by atoms with E-state index < -0.39 is 34.6 Å². The number of carbonyl (C=O) groups excluding carboxylic acids is 3. The van der Waals surface area contributed by atoms with Gasteiger partial charge in [0.1, 0.15) is 6.04 Å². The topological polar surface area (TPSA) is 74.8 Å². The normalized spacial score (nSPS) is 16.2. The van der Waals surface area contributed by atoms with Gasteiger partial charge < -0.3 is 0 Å². The average molecular weight is 416 g/mol. The number of fused-ring (bicyclic) bond motifs is 3. The molecule has 2 heterocycles. The van der Waals surface area contributed by atoms with E-state index in [1.807, 2.05) is 0 Å². The lowest BCUT2D eigenvalue weighted by molar-refractivity contribution is -0.121. The summed E-state index contributed by atoms with van der Waals surface area (Å²) >= 11 is 0. The molecule has 148 valence electrons. The van der Waals surface area contributed by atoms with E-state index in [9.17, 15) is 18.6 Å². The first-order valence-corrected chi connectivity index (χ1v) is 10.6. The van der Waals surface area contributed by atoms with Crippen LogP contribution in [0.5, 0.6) is 0 Å². The van der Waals surface area contributed by atoms with E-state index in [0.29, 0.717) is 32.3 Å². The number of rotatable bonds is 2. The van der Waals surface area contributed by atoms with Gasteiger partial charge in [-0.2, -0.15) is 0 Å². The molecular weight excluding hydrogens is 400 g/mol. The van der Waals surface area contributed by atoms with Crippen molar-refractivity contribution in [2.24, 2.45) is 0 Å². The highest BCUT2D eigenvalue weighted by Crippen LogP contribution is 2.42. The maximum atomic E-state index is 13.6. The predicted molar refractivity (Wildman–Crippen MR) is 111 cm³/mol. The smallest absolute Gasteiger partial charge is 0.262 e. The maximum Gasteiger partial charge on any atom is 0.262 e. The lowest BCUT2D eigenvalue weighted by Gasteiger charge is -2.34. The standard InChI is InChI=1S/C23H16N2O4S/c1-14(24-22(27)15-8-2-3-9-16(15)23(24)28)21(26)25-17-10-4-6-12-19(17)30(29)20-13-7-5-11-18(20)25/h2-14H,1H3. The van der Waals surface area contributed by atoms with Crippen molar-refractivity contribution in [2.45, 2.75) is 22.8 Å². The molecule has 2 aliphatic rings. The van der Waals surface area contributed by atoms with Gasteiger partial charge in [-0.05, 0) is 43.3 Å². The Morgan fingerprint density at radius 3 is 1.70 bits per heavy atom. The van der Waals surface area contributed by atoms with Gasteiger partial charge in [0, 0.05) is 0 Å². The minimum Gasteiger partial charge on any atom is -0.277 e. The van der Waals surface area contributed by atoms with Crippen LogP contribution in [0.3, 0.4) is 0 Å². The zero-order valence-electron chi connectivity index (χ0n) is 15.9. The van der Waals surface area contributed by atoms with Crippen molar-refractivity contribution in [2.75, 3.05) is 4.90 Å². The molecule has 0 spiro atoms. The molecule has 0 fully saturated rings. The van der Waals surface area contributed by atoms with Crippen LogP contribution in [0.25, 0.3) is 0 Å². The van der Waals surface area contributed by atoms with Crippen LogP contribution in [-0.2, 0) is 15.6 Å². The van der Waals surface area contributed by atoms with Crippen LogP contribution < -0.4 is 4.90 Å². The summed E-state index contributed by atoms with van der Waals surface area (Å²) in [7, 11) is -1.43. The first kappa shape index (κ1) is 18.4. The second-order valence-electron chi connectivity index (χ2n) is 7.08. The number of carbonyl (C=O) groups is 3. The van der Waals surface area contributed by atoms with Crippen LogP contribution in [-0.4, -0.2) is 32.9 Å². The number of benzene rings is 3. The van der Waals surface area contributed by atoms with Crippen molar-refractivity contribution in [3.05, 3.63) is 83.9 Å². The first-order chi connectivity index (χ1) is 14.5. The Balaban J connectivity index is 1.59. The molecule has 3 amide bonds. The van der Waals surface area contributed by atoms with Gasteiger partial charge in [-0.25, -0.2) is 4.21 Å². The number of hydrogen-bond donors (Lipinski definition) is 0. The third kappa shape index (κ3) is 2.48. The molecule has 1 unspecified atom stereocenters. The maximum absolute atomic E-state index is 13.6. The Hall–Kier alpha value is -3.58. The molecule has 0 aliphatic carbocycles. The van der Waals surface area contributed by atoms with Gasteiger partial charge in [0.2, 0.25) is 0 Å². The van der Waals surface area contributed by atoms with Gasteiger partial charge in [0.25, 0.3) is 17.7 Å². The quantitative estimate of drug-likeness (QED) is 0.599. The third-order valence-corrected chi connectivity index (χ3v) is 6.89. The van der Waals surface area contributed by atoms with E-state index in [2.05, 4.69) is 0 Å². The fraction of sp³-hybridized carbons (Fsp3) is 0.0870. The van der Waals surface area contributed by atoms with Crippen molar-refractivity contribution in [1.82, 2.24) is 4.90 Å². The van der Waals surface area contributed by atoms with Crippen LogP contribution in [0.1, 0.15) is 27.6 Å². The second kappa shape index (κ2) is 6.74. The van der Waals surface area contributed by atoms with E-state index in [1.165, 1.54) is 4.90 Å². The zero-order valence-corrected chi connectivity index (χ0v) is 16.8. The van der Waals surface area contributed by atoms with Gasteiger partial charge in [-0.3, -0.25) is 24.2 Å². The largest absolute Gasteiger partial charge is 0.277 e. The highest BCUT2D eigenvalue weighted by molar-refractivity contribution is 7.85. The zero-order chi connectivity index (χ0) is 21.0. The molecule has 5 rings (SSSR count). The molecule has 3 aromatic rings. The summed E-state index contributed by atoms with van der Waals surface area (Å²) in [6, 6.07) is 19.4. The van der Waals surface area contributed by atoms with E-state index in [4.69, 9.17) is 0 Å². The lowest BCUT2D eigenvalue weighted by Crippen LogP contribution is -2.49. The molecule has 7 heteroatoms. The van der Waals surface area contributed by atoms with Gasteiger partial charge in [0.15, 0.2) is 0 Å². The first-order valence-electron chi connectivity index (χ1n) is 9.41. The number of amides is 3. The Kier molecular flexibility index (Phi) is 4.15. The number of imide groups is 1. The number of para-hydroxylation sites is 2. The molecule has 0 saturated heterocycles. The lowest BCUT2D eigenvalue weighted by atomic mass is 10.1. The van der Waals surface area contributed by atoms with Crippen LogP contribution in [0.2, 0.25) is 0 Å². The van der Waals surface area contributed by atoms with Crippen molar-refractivity contribution in [1.29, 1.82) is 0 Å². The molecule has 0 radical (unpaired) electrons. The van der Waals surface area contributed by atoms with Crippen molar-refractivity contribution in [3.8, 4) is 0 Å².